The van der Waals surface area contributed by atoms with Crippen molar-refractivity contribution in [1.82, 2.24) is 15.5 Å². The minimum absolute atomic E-state index is 0.0340. The fraction of sp³-hybridized carbons (Fsp3) is 0.273. The van der Waals surface area contributed by atoms with Gasteiger partial charge in [0.1, 0.15) is 6.02 Å². The van der Waals surface area contributed by atoms with Gasteiger partial charge in [-0.2, -0.15) is 8.78 Å². The van der Waals surface area contributed by atoms with Crippen molar-refractivity contribution in [3.63, 3.8) is 0 Å². The van der Waals surface area contributed by atoms with Crippen LogP contribution in [0, 0.1) is 0 Å². The fourth-order valence-electron chi connectivity index (χ4n) is 3.17. The molecule has 4 amide bonds. The first kappa shape index (κ1) is 14.7. The second kappa shape index (κ2) is 8.31. The van der Waals surface area contributed by atoms with Gasteiger partial charge in [0, 0.05) is 38.3 Å². The van der Waals surface area contributed by atoms with Crippen molar-refractivity contribution in [2.24, 2.45) is 0 Å². The molecule has 3 atom stereocenters. The SMILES string of the molecule is [2H]C1C(=O)N([2H])C(=O)[C@@]([2H])(N2Cc3cc(C([2H])([2H])N([2H])C(=O)C(F)(F)c4ccc(Cl)cc4)ccc3C2=O)C1[2H]. The number of benzene rings is 2. The predicted octanol–water partition coefficient (Wildman–Crippen LogP) is 2.51. The number of amides is 4. The number of carbonyl (C=O) groups is 4. The minimum atomic E-state index is -4.29. The molecule has 2 aromatic carbocycles. The molecule has 0 bridgehead atoms. The fourth-order valence-corrected chi connectivity index (χ4v) is 3.30. The maximum atomic E-state index is 14.8. The Morgan fingerprint density at radius 1 is 1.34 bits per heavy atom. The van der Waals surface area contributed by atoms with Gasteiger partial charge >= 0.3 is 5.92 Å². The number of carbonyl (C=O) groups excluding carboxylic acids is 4. The van der Waals surface area contributed by atoms with Crippen LogP contribution in [0.25, 0.3) is 0 Å². The number of fused-ring (bicyclic) bond motifs is 1. The lowest BCUT2D eigenvalue weighted by Gasteiger charge is -2.29. The van der Waals surface area contributed by atoms with Crippen LogP contribution in [0.3, 0.4) is 0 Å². The Morgan fingerprint density at radius 3 is 2.78 bits per heavy atom. The zero-order chi connectivity index (χ0) is 29.2. The maximum Gasteiger partial charge on any atom is 0.349 e. The van der Waals surface area contributed by atoms with E-state index in [1.807, 2.05) is 0 Å². The standard InChI is InChI=1S/C22H18ClF2N3O4/c23-15-4-2-14(3-5-15)22(24,25)21(32)26-10-12-1-6-16-13(9-12)11-28(20(16)31)17-7-8-18(29)27-19(17)30/h1-6,9,17H,7-8,10-11H2,(H,26,32)(H,27,29,30)/t17-/m0/s1/i7D,8D,10D2,17D/hD2/t7?,8?,17-. The molecule has 166 valence electrons. The predicted molar refractivity (Wildman–Crippen MR) is 110 cm³/mol. The average Bonchev–Trinajstić information content (AvgIpc) is 3.25. The molecule has 1 saturated heterocycles. The first-order chi connectivity index (χ1) is 18.0. The van der Waals surface area contributed by atoms with Crippen LogP contribution in [0.4, 0.5) is 8.78 Å². The molecule has 32 heavy (non-hydrogen) atoms. The van der Waals surface area contributed by atoms with Crippen LogP contribution >= 0.6 is 11.6 Å². The summed E-state index contributed by atoms with van der Waals surface area (Å²) in [7, 11) is 0. The summed E-state index contributed by atoms with van der Waals surface area (Å²) in [5, 5.41) is -0.675. The van der Waals surface area contributed by atoms with E-state index in [4.69, 9.17) is 21.3 Å². The molecule has 2 heterocycles. The molecule has 2 aromatic rings. The lowest BCUT2D eigenvalue weighted by molar-refractivity contribution is -0.147. The molecular weight excluding hydrogens is 444 g/mol. The van der Waals surface area contributed by atoms with Crippen LogP contribution in [-0.4, -0.2) is 34.5 Å². The van der Waals surface area contributed by atoms with E-state index in [1.165, 1.54) is 0 Å². The number of hydrogen-bond acceptors (Lipinski definition) is 4. The Morgan fingerprint density at radius 2 is 2.06 bits per heavy atom. The van der Waals surface area contributed by atoms with E-state index in [9.17, 15) is 28.0 Å². The zero-order valence-corrected chi connectivity index (χ0v) is 16.8. The Balaban J connectivity index is 1.64. The maximum absolute atomic E-state index is 14.8. The van der Waals surface area contributed by atoms with Gasteiger partial charge in [0.2, 0.25) is 11.8 Å². The molecule has 10 heteroatoms. The van der Waals surface area contributed by atoms with Gasteiger partial charge in [-0.3, -0.25) is 24.5 Å². The number of halogens is 3. The quantitative estimate of drug-likeness (QED) is 0.659. The molecule has 0 aromatic heterocycles. The number of alkyl halides is 2. The highest BCUT2D eigenvalue weighted by Gasteiger charge is 2.41. The lowest BCUT2D eigenvalue weighted by Crippen LogP contribution is -2.52. The summed E-state index contributed by atoms with van der Waals surface area (Å²) >= 11 is 5.68. The van der Waals surface area contributed by atoms with Crippen molar-refractivity contribution in [1.29, 1.82) is 0 Å². The monoisotopic (exact) mass is 468 g/mol. The molecule has 0 spiro atoms. The van der Waals surface area contributed by atoms with Crippen molar-refractivity contribution in [2.45, 2.75) is 37.8 Å². The van der Waals surface area contributed by atoms with Crippen molar-refractivity contribution in [3.8, 4) is 0 Å². The number of imide groups is 1. The Kier molecular flexibility index (Phi) is 3.81. The molecule has 0 saturated carbocycles. The van der Waals surface area contributed by atoms with Crippen molar-refractivity contribution in [2.75, 3.05) is 0 Å². The van der Waals surface area contributed by atoms with E-state index in [1.54, 1.807) is 0 Å². The third-order valence-electron chi connectivity index (χ3n) is 4.78. The first-order valence-corrected chi connectivity index (χ1v) is 9.49. The first-order valence-electron chi connectivity index (χ1n) is 12.7. The molecule has 7 nitrogen and oxygen atoms in total. The summed E-state index contributed by atoms with van der Waals surface area (Å²) in [6.07, 6.45) is -4.08. The summed E-state index contributed by atoms with van der Waals surface area (Å²) < 4.78 is 86.0. The normalized spacial score (nSPS) is 29.2. The molecule has 2 aliphatic heterocycles. The molecule has 2 N–H and O–H groups in total. The van der Waals surface area contributed by atoms with E-state index in [2.05, 4.69) is 0 Å². The van der Waals surface area contributed by atoms with Crippen LogP contribution < -0.4 is 10.6 Å². The van der Waals surface area contributed by atoms with Gasteiger partial charge in [-0.05, 0) is 35.7 Å². The third-order valence-corrected chi connectivity index (χ3v) is 5.03. The highest BCUT2D eigenvalue weighted by Crippen LogP contribution is 2.30. The van der Waals surface area contributed by atoms with Gasteiger partial charge in [0.05, 0.1) is 4.11 Å². The van der Waals surface area contributed by atoms with Gasteiger partial charge in [0.15, 0.2) is 2.82 Å². The number of nitrogens with zero attached hydrogens (tertiary/aromatic N) is 1. The van der Waals surface area contributed by atoms with Crippen LogP contribution in [0.5, 0.6) is 0 Å². The highest BCUT2D eigenvalue weighted by molar-refractivity contribution is 6.30. The van der Waals surface area contributed by atoms with E-state index in [0.717, 1.165) is 42.5 Å². The van der Waals surface area contributed by atoms with E-state index < -0.39 is 77.8 Å². The topological polar surface area (TPSA) is 95.6 Å². The molecule has 1 fully saturated rings. The largest absolute Gasteiger partial charge is 0.349 e. The van der Waals surface area contributed by atoms with Gasteiger partial charge in [0.25, 0.3) is 11.8 Å². The molecule has 0 aliphatic carbocycles. The zero-order valence-electron chi connectivity index (χ0n) is 23.0. The molecule has 2 aliphatic rings. The number of rotatable bonds is 5. The van der Waals surface area contributed by atoms with Crippen molar-refractivity contribution in [3.05, 3.63) is 69.7 Å². The Labute approximate surface area is 196 Å². The molecular formula is C22H18ClF2N3O4. The number of nitrogens with one attached hydrogen (secondary N) is 2. The highest BCUT2D eigenvalue weighted by atomic mass is 35.5. The molecule has 4 rings (SSSR count). The summed E-state index contributed by atoms with van der Waals surface area (Å²) in [5.74, 6) is -10.3. The Bertz CT molecular complexity index is 1400. The van der Waals surface area contributed by atoms with Gasteiger partial charge in [-0.15, -0.1) is 0 Å². The third kappa shape index (κ3) is 4.08. The summed E-state index contributed by atoms with van der Waals surface area (Å²) in [6, 6.07) is 4.05. The van der Waals surface area contributed by atoms with E-state index in [0.29, 0.717) is 4.90 Å². The molecule has 0 radical (unpaired) electrons. The van der Waals surface area contributed by atoms with Gasteiger partial charge in [-0.1, -0.05) is 35.9 Å². The summed E-state index contributed by atoms with van der Waals surface area (Å²) in [6.45, 7) is -3.74. The van der Waals surface area contributed by atoms with Gasteiger partial charge in [-0.25, -0.2) is 0 Å². The molecule has 2 unspecified atom stereocenters. The second-order valence-electron chi connectivity index (χ2n) is 6.85. The van der Waals surface area contributed by atoms with E-state index in [-0.39, 0.29) is 21.5 Å². The van der Waals surface area contributed by atoms with Crippen LogP contribution in [-0.2, 0) is 33.3 Å². The summed E-state index contributed by atoms with van der Waals surface area (Å²) in [4.78, 5) is 50.6. The lowest BCUT2D eigenvalue weighted by atomic mass is 10.0. The van der Waals surface area contributed by atoms with Crippen LogP contribution in [0.2, 0.25) is 7.85 Å². The van der Waals surface area contributed by atoms with Crippen LogP contribution in [0.15, 0.2) is 42.5 Å². The minimum Gasteiger partial charge on any atom is -0.346 e. The smallest absolute Gasteiger partial charge is 0.346 e. The van der Waals surface area contributed by atoms with Crippen molar-refractivity contribution < 1.29 is 37.6 Å². The van der Waals surface area contributed by atoms with E-state index >= 15 is 0 Å². The number of piperidine rings is 1. The summed E-state index contributed by atoms with van der Waals surface area (Å²) in [5.41, 5.74) is -1.50. The van der Waals surface area contributed by atoms with Crippen LogP contribution in [0.1, 0.15) is 46.7 Å². The van der Waals surface area contributed by atoms with Crippen molar-refractivity contribution >= 4 is 35.2 Å². The number of hydrogen-bond donors (Lipinski definition) is 2. The second-order valence-corrected chi connectivity index (χ2v) is 7.28. The Hall–Kier alpha value is -3.33. The van der Waals surface area contributed by atoms with Gasteiger partial charge < -0.3 is 10.2 Å². The average molecular weight is 469 g/mol.